The Balaban J connectivity index is 1.59. The van der Waals surface area contributed by atoms with Crippen LogP contribution in [0, 0.1) is 0 Å². The second kappa shape index (κ2) is 8.85. The average molecular weight is 485 g/mol. The Hall–Kier alpha value is -2.90. The molecule has 6 nitrogen and oxygen atoms in total. The predicted molar refractivity (Wildman–Crippen MR) is 122 cm³/mol. The number of rotatable bonds is 6. The Labute approximate surface area is 187 Å². The highest BCUT2D eigenvalue weighted by Gasteiger charge is 2.13. The molecule has 0 unspecified atom stereocenters. The molecule has 2 aromatic carbocycles. The van der Waals surface area contributed by atoms with Gasteiger partial charge in [0.15, 0.2) is 5.65 Å². The van der Waals surface area contributed by atoms with Gasteiger partial charge >= 0.3 is 0 Å². The number of nitrogens with zero attached hydrogens (tertiary/aromatic N) is 3. The van der Waals surface area contributed by atoms with E-state index in [9.17, 15) is 4.79 Å². The molecule has 0 spiro atoms. The summed E-state index contributed by atoms with van der Waals surface area (Å²) in [6.45, 7) is 2.65. The Bertz CT molecular complexity index is 1210. The fraction of sp³-hybridized carbons (Fsp3) is 0.136. The van der Waals surface area contributed by atoms with Crippen LogP contribution in [0.1, 0.15) is 18.1 Å². The third kappa shape index (κ3) is 4.47. The molecule has 0 radical (unpaired) electrons. The molecule has 0 aliphatic carbocycles. The van der Waals surface area contributed by atoms with Crippen molar-refractivity contribution in [2.24, 2.45) is 0 Å². The van der Waals surface area contributed by atoms with Crippen molar-refractivity contribution in [3.05, 3.63) is 81.4 Å². The van der Waals surface area contributed by atoms with Crippen LogP contribution in [0.15, 0.2) is 65.3 Å². The van der Waals surface area contributed by atoms with Gasteiger partial charge in [-0.3, -0.25) is 4.79 Å². The van der Waals surface area contributed by atoms with Crippen molar-refractivity contribution in [2.45, 2.75) is 20.0 Å². The Morgan fingerprint density at radius 1 is 1.10 bits per heavy atom. The molecule has 1 amide bonds. The maximum absolute atomic E-state index is 11.1. The summed E-state index contributed by atoms with van der Waals surface area (Å²) < 4.78 is 2.57. The van der Waals surface area contributed by atoms with E-state index in [1.165, 1.54) is 6.92 Å². The standard InChI is InChI=1S/C22H19BrClN5O/c1-14(30)25-11-15-6-8-16(9-7-15)12-26-21-10-20(17-4-2-3-5-19(17)24)28-22-18(23)13-27-29(21)22/h2-10,13,26H,11-12H2,1H3,(H,25,30). The summed E-state index contributed by atoms with van der Waals surface area (Å²) in [6, 6.07) is 17.7. The summed E-state index contributed by atoms with van der Waals surface area (Å²) >= 11 is 9.91. The average Bonchev–Trinajstić information content (AvgIpc) is 3.12. The minimum Gasteiger partial charge on any atom is -0.366 e. The van der Waals surface area contributed by atoms with Crippen LogP contribution >= 0.6 is 27.5 Å². The Morgan fingerprint density at radius 3 is 2.50 bits per heavy atom. The topological polar surface area (TPSA) is 71.3 Å². The Morgan fingerprint density at radius 2 is 1.80 bits per heavy atom. The summed E-state index contributed by atoms with van der Waals surface area (Å²) in [7, 11) is 0. The molecule has 30 heavy (non-hydrogen) atoms. The second-order valence-electron chi connectivity index (χ2n) is 6.81. The van der Waals surface area contributed by atoms with E-state index < -0.39 is 0 Å². The molecule has 0 aliphatic heterocycles. The summed E-state index contributed by atoms with van der Waals surface area (Å²) in [5, 5.41) is 11.3. The van der Waals surface area contributed by atoms with Crippen molar-refractivity contribution in [2.75, 3.05) is 5.32 Å². The first kappa shape index (κ1) is 20.4. The summed E-state index contributed by atoms with van der Waals surface area (Å²) in [4.78, 5) is 15.8. The van der Waals surface area contributed by atoms with Crippen LogP contribution in [0.2, 0.25) is 5.02 Å². The van der Waals surface area contributed by atoms with Crippen molar-refractivity contribution in [1.29, 1.82) is 0 Å². The zero-order chi connectivity index (χ0) is 21.1. The molecule has 8 heteroatoms. The molecule has 0 bridgehead atoms. The lowest BCUT2D eigenvalue weighted by atomic mass is 10.1. The van der Waals surface area contributed by atoms with Crippen molar-refractivity contribution in [3.8, 4) is 11.3 Å². The molecular weight excluding hydrogens is 466 g/mol. The number of fused-ring (bicyclic) bond motifs is 1. The number of hydrogen-bond donors (Lipinski definition) is 2. The molecule has 0 atom stereocenters. The van der Waals surface area contributed by atoms with E-state index in [1.54, 1.807) is 10.7 Å². The van der Waals surface area contributed by atoms with Crippen molar-refractivity contribution in [1.82, 2.24) is 19.9 Å². The van der Waals surface area contributed by atoms with Crippen LogP contribution in [-0.2, 0) is 17.9 Å². The molecule has 0 saturated heterocycles. The van der Waals surface area contributed by atoms with Crippen molar-refractivity contribution < 1.29 is 4.79 Å². The number of carbonyl (C=O) groups excluding carboxylic acids is 1. The lowest BCUT2D eigenvalue weighted by Crippen LogP contribution is -2.18. The number of amides is 1. The third-order valence-electron chi connectivity index (χ3n) is 4.62. The zero-order valence-electron chi connectivity index (χ0n) is 16.2. The van der Waals surface area contributed by atoms with Crippen LogP contribution in [0.3, 0.4) is 0 Å². The van der Waals surface area contributed by atoms with E-state index in [4.69, 9.17) is 16.6 Å². The lowest BCUT2D eigenvalue weighted by molar-refractivity contribution is -0.119. The van der Waals surface area contributed by atoms with E-state index in [1.807, 2.05) is 54.6 Å². The molecule has 2 heterocycles. The zero-order valence-corrected chi connectivity index (χ0v) is 18.5. The SMILES string of the molecule is CC(=O)NCc1ccc(CNc2cc(-c3ccccc3Cl)nc3c(Br)cnn23)cc1. The van der Waals surface area contributed by atoms with Gasteiger partial charge in [-0.2, -0.15) is 9.61 Å². The second-order valence-corrected chi connectivity index (χ2v) is 8.08. The normalized spacial score (nSPS) is 10.9. The van der Waals surface area contributed by atoms with E-state index in [0.717, 1.165) is 32.7 Å². The van der Waals surface area contributed by atoms with Crippen LogP contribution < -0.4 is 10.6 Å². The maximum atomic E-state index is 11.1. The van der Waals surface area contributed by atoms with Gasteiger partial charge in [-0.15, -0.1) is 0 Å². The number of benzene rings is 2. The number of carbonyl (C=O) groups is 1. The highest BCUT2D eigenvalue weighted by Crippen LogP contribution is 2.30. The first-order valence-electron chi connectivity index (χ1n) is 9.36. The van der Waals surface area contributed by atoms with E-state index in [-0.39, 0.29) is 5.91 Å². The van der Waals surface area contributed by atoms with Gasteiger partial charge in [0.1, 0.15) is 5.82 Å². The van der Waals surface area contributed by atoms with Gasteiger partial charge < -0.3 is 10.6 Å². The fourth-order valence-corrected chi connectivity index (χ4v) is 3.64. The van der Waals surface area contributed by atoms with Crippen molar-refractivity contribution >= 4 is 44.9 Å². The first-order chi connectivity index (χ1) is 14.5. The van der Waals surface area contributed by atoms with Gasteiger partial charge in [0.05, 0.1) is 16.4 Å². The molecule has 2 N–H and O–H groups in total. The van der Waals surface area contributed by atoms with Gasteiger partial charge in [-0.1, -0.05) is 54.1 Å². The quantitative estimate of drug-likeness (QED) is 0.401. The molecule has 0 aliphatic rings. The number of halogens is 2. The molecule has 0 saturated carbocycles. The third-order valence-corrected chi connectivity index (χ3v) is 5.51. The van der Waals surface area contributed by atoms with Crippen LogP contribution in [-0.4, -0.2) is 20.5 Å². The molecule has 152 valence electrons. The van der Waals surface area contributed by atoms with Crippen LogP contribution in [0.4, 0.5) is 5.82 Å². The van der Waals surface area contributed by atoms with E-state index >= 15 is 0 Å². The molecular formula is C22H19BrClN5O. The highest BCUT2D eigenvalue weighted by molar-refractivity contribution is 9.10. The minimum absolute atomic E-state index is 0.0397. The number of anilines is 1. The van der Waals surface area contributed by atoms with E-state index in [0.29, 0.717) is 23.8 Å². The highest BCUT2D eigenvalue weighted by atomic mass is 79.9. The summed E-state index contributed by atoms with van der Waals surface area (Å²) in [6.07, 6.45) is 1.72. The van der Waals surface area contributed by atoms with Crippen LogP contribution in [0.5, 0.6) is 0 Å². The molecule has 2 aromatic heterocycles. The number of hydrogen-bond acceptors (Lipinski definition) is 4. The van der Waals surface area contributed by atoms with Gasteiger partial charge in [-0.25, -0.2) is 4.98 Å². The van der Waals surface area contributed by atoms with Gasteiger partial charge in [-0.05, 0) is 33.1 Å². The van der Waals surface area contributed by atoms with Gasteiger partial charge in [0.2, 0.25) is 5.91 Å². The Kier molecular flexibility index (Phi) is 6.01. The van der Waals surface area contributed by atoms with Crippen LogP contribution in [0.25, 0.3) is 16.9 Å². The maximum Gasteiger partial charge on any atom is 0.217 e. The largest absolute Gasteiger partial charge is 0.366 e. The number of nitrogens with one attached hydrogen (secondary N) is 2. The minimum atomic E-state index is -0.0397. The molecule has 4 aromatic rings. The smallest absolute Gasteiger partial charge is 0.217 e. The predicted octanol–water partition coefficient (Wildman–Crippen LogP) is 5.06. The first-order valence-corrected chi connectivity index (χ1v) is 10.5. The van der Waals surface area contributed by atoms with Crippen molar-refractivity contribution in [3.63, 3.8) is 0 Å². The number of aromatic nitrogens is 3. The van der Waals surface area contributed by atoms with E-state index in [2.05, 4.69) is 31.7 Å². The van der Waals surface area contributed by atoms with Gasteiger partial charge in [0.25, 0.3) is 0 Å². The van der Waals surface area contributed by atoms with Gasteiger partial charge in [0, 0.05) is 36.7 Å². The molecule has 4 rings (SSSR count). The molecule has 0 fully saturated rings. The fourth-order valence-electron chi connectivity index (χ4n) is 3.06. The summed E-state index contributed by atoms with van der Waals surface area (Å²) in [5.74, 6) is 0.769. The lowest BCUT2D eigenvalue weighted by Gasteiger charge is -2.12. The monoisotopic (exact) mass is 483 g/mol. The summed E-state index contributed by atoms with van der Waals surface area (Å²) in [5.41, 5.74) is 4.50.